The number of carboxylic acid groups (broad SMARTS) is 1. The average Bonchev–Trinajstić information content (AvgIpc) is 2.63. The molecule has 9 heteroatoms. The fourth-order valence-corrected chi connectivity index (χ4v) is 2.94. The van der Waals surface area contributed by atoms with Gasteiger partial charge in [-0.2, -0.15) is 0 Å². The molecule has 0 saturated carbocycles. The largest absolute Gasteiger partial charge is 0.484 e. The molecule has 4 unspecified atom stereocenters. The fraction of sp³-hybridized carbons (Fsp3) is 0.438. The number of benzene rings is 1. The van der Waals surface area contributed by atoms with Crippen molar-refractivity contribution in [2.45, 2.75) is 31.0 Å². The number of ether oxygens (including phenoxy) is 3. The van der Waals surface area contributed by atoms with Crippen molar-refractivity contribution in [3.05, 3.63) is 30.3 Å². The Morgan fingerprint density at radius 3 is 2.72 bits per heavy atom. The van der Waals surface area contributed by atoms with Crippen LogP contribution >= 0.6 is 0 Å². The summed E-state index contributed by atoms with van der Waals surface area (Å²) in [5.74, 6) is -1.71. The van der Waals surface area contributed by atoms with Crippen LogP contribution in [0.5, 0.6) is 5.75 Å². The molecule has 1 aromatic carbocycles. The SMILES string of the molecule is COC1CC2C(NC(=O)COc3ccccc3)C(=O)N2C(C(=O)O)O1. The summed E-state index contributed by atoms with van der Waals surface area (Å²) in [6, 6.07) is 7.50. The second-order valence-electron chi connectivity index (χ2n) is 5.69. The summed E-state index contributed by atoms with van der Waals surface area (Å²) in [6.45, 7) is -0.243. The third-order valence-electron chi connectivity index (χ3n) is 4.13. The van der Waals surface area contributed by atoms with Crippen molar-refractivity contribution < 1.29 is 33.7 Å². The molecule has 2 amide bonds. The van der Waals surface area contributed by atoms with Gasteiger partial charge in [0.05, 0.1) is 6.04 Å². The zero-order valence-corrected chi connectivity index (χ0v) is 13.5. The molecule has 2 heterocycles. The van der Waals surface area contributed by atoms with Gasteiger partial charge in [-0.25, -0.2) is 4.79 Å². The number of aliphatic carboxylic acids is 1. The molecule has 25 heavy (non-hydrogen) atoms. The highest BCUT2D eigenvalue weighted by Crippen LogP contribution is 2.33. The van der Waals surface area contributed by atoms with E-state index in [-0.39, 0.29) is 13.0 Å². The van der Waals surface area contributed by atoms with Gasteiger partial charge in [0, 0.05) is 13.5 Å². The summed E-state index contributed by atoms with van der Waals surface area (Å²) >= 11 is 0. The number of hydrogen-bond donors (Lipinski definition) is 2. The highest BCUT2D eigenvalue weighted by Gasteiger charge is 2.57. The van der Waals surface area contributed by atoms with Crippen LogP contribution in [0.3, 0.4) is 0 Å². The number of β-lactam (4-membered cyclic amide) rings is 1. The summed E-state index contributed by atoms with van der Waals surface area (Å²) in [4.78, 5) is 36.6. The minimum atomic E-state index is -1.41. The lowest BCUT2D eigenvalue weighted by Crippen LogP contribution is -2.77. The van der Waals surface area contributed by atoms with E-state index >= 15 is 0 Å². The lowest BCUT2D eigenvalue weighted by Gasteiger charge is -2.53. The topological polar surface area (TPSA) is 114 Å². The van der Waals surface area contributed by atoms with E-state index in [1.54, 1.807) is 24.3 Å². The quantitative estimate of drug-likeness (QED) is 0.669. The first-order valence-corrected chi connectivity index (χ1v) is 7.71. The molecule has 9 nitrogen and oxygen atoms in total. The first-order chi connectivity index (χ1) is 12.0. The summed E-state index contributed by atoms with van der Waals surface area (Å²) in [5, 5.41) is 11.8. The maximum Gasteiger partial charge on any atom is 0.354 e. The van der Waals surface area contributed by atoms with E-state index in [1.807, 2.05) is 6.07 Å². The molecular weight excluding hydrogens is 332 g/mol. The van der Waals surface area contributed by atoms with Crippen LogP contribution in [0, 0.1) is 0 Å². The van der Waals surface area contributed by atoms with Gasteiger partial charge in [0.25, 0.3) is 5.91 Å². The summed E-state index contributed by atoms with van der Waals surface area (Å²) in [5.41, 5.74) is 0. The Bertz CT molecular complexity index is 666. The molecule has 0 bridgehead atoms. The number of para-hydroxylation sites is 1. The van der Waals surface area contributed by atoms with Crippen LogP contribution < -0.4 is 10.1 Å². The Balaban J connectivity index is 1.58. The van der Waals surface area contributed by atoms with Crippen molar-refractivity contribution in [2.75, 3.05) is 13.7 Å². The zero-order chi connectivity index (χ0) is 18.0. The van der Waals surface area contributed by atoms with Gasteiger partial charge >= 0.3 is 5.97 Å². The Kier molecular flexibility index (Phi) is 4.86. The number of nitrogens with one attached hydrogen (secondary N) is 1. The van der Waals surface area contributed by atoms with Gasteiger partial charge in [-0.3, -0.25) is 14.5 Å². The maximum atomic E-state index is 12.2. The first-order valence-electron chi connectivity index (χ1n) is 7.71. The molecule has 0 radical (unpaired) electrons. The van der Waals surface area contributed by atoms with E-state index in [1.165, 1.54) is 7.11 Å². The predicted octanol–water partition coefficient (Wildman–Crippen LogP) is -0.435. The second kappa shape index (κ2) is 7.08. The Hall–Kier alpha value is -2.65. The molecule has 3 rings (SSSR count). The Morgan fingerprint density at radius 1 is 1.36 bits per heavy atom. The van der Waals surface area contributed by atoms with Crippen LogP contribution in [0.25, 0.3) is 0 Å². The molecule has 2 N–H and O–H groups in total. The number of rotatable bonds is 6. The Labute approximate surface area is 143 Å². The number of nitrogens with zero attached hydrogens (tertiary/aromatic N) is 1. The highest BCUT2D eigenvalue weighted by atomic mass is 16.7. The van der Waals surface area contributed by atoms with Crippen molar-refractivity contribution in [1.29, 1.82) is 0 Å². The summed E-state index contributed by atoms with van der Waals surface area (Å²) < 4.78 is 15.6. The van der Waals surface area contributed by atoms with Crippen LogP contribution in [-0.4, -0.2) is 66.1 Å². The average molecular weight is 350 g/mol. The lowest BCUT2D eigenvalue weighted by atomic mass is 9.89. The third-order valence-corrected chi connectivity index (χ3v) is 4.13. The Morgan fingerprint density at radius 2 is 2.08 bits per heavy atom. The number of hydrogen-bond acceptors (Lipinski definition) is 6. The summed E-state index contributed by atoms with van der Waals surface area (Å²) in [7, 11) is 1.39. The zero-order valence-electron chi connectivity index (χ0n) is 13.5. The minimum Gasteiger partial charge on any atom is -0.484 e. The minimum absolute atomic E-state index is 0.243. The molecule has 1 aromatic rings. The van der Waals surface area contributed by atoms with E-state index in [0.717, 1.165) is 4.90 Å². The van der Waals surface area contributed by atoms with Gasteiger partial charge in [-0.1, -0.05) is 18.2 Å². The van der Waals surface area contributed by atoms with Gasteiger partial charge in [-0.15, -0.1) is 0 Å². The van der Waals surface area contributed by atoms with Crippen LogP contribution in [0.2, 0.25) is 0 Å². The third kappa shape index (κ3) is 3.42. The number of carbonyl (C=O) groups is 3. The van der Waals surface area contributed by atoms with Crippen molar-refractivity contribution >= 4 is 17.8 Å². The predicted molar refractivity (Wildman–Crippen MR) is 82.4 cm³/mol. The monoisotopic (exact) mass is 350 g/mol. The van der Waals surface area contributed by atoms with Gasteiger partial charge in [-0.05, 0) is 12.1 Å². The maximum absolute atomic E-state index is 12.2. The smallest absolute Gasteiger partial charge is 0.354 e. The normalized spacial score (nSPS) is 27.9. The summed E-state index contributed by atoms with van der Waals surface area (Å²) in [6.07, 6.45) is -1.89. The fourth-order valence-electron chi connectivity index (χ4n) is 2.94. The molecule has 4 atom stereocenters. The van der Waals surface area contributed by atoms with Crippen LogP contribution in [-0.2, 0) is 23.9 Å². The van der Waals surface area contributed by atoms with Crippen LogP contribution in [0.1, 0.15) is 6.42 Å². The van der Waals surface area contributed by atoms with Crippen molar-refractivity contribution in [3.8, 4) is 5.75 Å². The van der Waals surface area contributed by atoms with Crippen molar-refractivity contribution in [1.82, 2.24) is 10.2 Å². The number of methoxy groups -OCH3 is 1. The van der Waals surface area contributed by atoms with Gasteiger partial charge in [0.15, 0.2) is 12.9 Å². The molecule has 0 aromatic heterocycles. The van der Waals surface area contributed by atoms with E-state index in [2.05, 4.69) is 5.32 Å². The number of carboxylic acids is 1. The lowest BCUT2D eigenvalue weighted by molar-refractivity contribution is -0.262. The number of carbonyl (C=O) groups excluding carboxylic acids is 2. The second-order valence-corrected chi connectivity index (χ2v) is 5.69. The molecule has 2 saturated heterocycles. The van der Waals surface area contributed by atoms with Crippen LogP contribution in [0.4, 0.5) is 0 Å². The first kappa shape index (κ1) is 17.2. The molecule has 2 aliphatic heterocycles. The van der Waals surface area contributed by atoms with E-state index < -0.39 is 42.4 Å². The number of fused-ring (bicyclic) bond motifs is 1. The van der Waals surface area contributed by atoms with E-state index in [4.69, 9.17) is 14.2 Å². The molecule has 0 spiro atoms. The van der Waals surface area contributed by atoms with Gasteiger partial charge in [0.1, 0.15) is 11.8 Å². The molecule has 0 aliphatic carbocycles. The van der Waals surface area contributed by atoms with E-state index in [0.29, 0.717) is 5.75 Å². The van der Waals surface area contributed by atoms with Crippen molar-refractivity contribution in [3.63, 3.8) is 0 Å². The molecule has 2 aliphatic rings. The van der Waals surface area contributed by atoms with Crippen molar-refractivity contribution in [2.24, 2.45) is 0 Å². The number of amides is 2. The highest BCUT2D eigenvalue weighted by molar-refractivity contribution is 5.96. The van der Waals surface area contributed by atoms with Crippen LogP contribution in [0.15, 0.2) is 30.3 Å². The molecule has 2 fully saturated rings. The van der Waals surface area contributed by atoms with Gasteiger partial charge < -0.3 is 24.6 Å². The standard InChI is InChI=1S/C16H18N2O7/c1-23-12-7-10-13(14(20)18(10)15(25-12)16(21)22)17-11(19)8-24-9-5-3-2-4-6-9/h2-6,10,12-13,15H,7-8H2,1H3,(H,17,19)(H,21,22). The molecular formula is C16H18N2O7. The van der Waals surface area contributed by atoms with Gasteiger partial charge in [0.2, 0.25) is 12.1 Å². The van der Waals surface area contributed by atoms with E-state index in [9.17, 15) is 19.5 Å². The molecule has 134 valence electrons.